The smallest absolute Gasteiger partial charge is 0.226 e. The largest absolute Gasteiger partial charge is 0.378 e. The standard InChI is InChI=1S/C25H26N6O/c1-17(2)18-3-5-19(6-4-18)29-24-20-7-9-26-15-21(20)22(16-28-24)23-8-10-27-25(30-23)31-11-13-32-14-12-31/h3-10,15-17H,11-14H2,1-2H3,(H,28,29). The summed E-state index contributed by atoms with van der Waals surface area (Å²) in [5.41, 5.74) is 4.09. The van der Waals surface area contributed by atoms with E-state index in [1.165, 1.54) is 5.56 Å². The van der Waals surface area contributed by atoms with Gasteiger partial charge in [-0.05, 0) is 35.7 Å². The maximum absolute atomic E-state index is 5.45. The minimum absolute atomic E-state index is 0.503. The lowest BCUT2D eigenvalue weighted by atomic mass is 10.0. The van der Waals surface area contributed by atoms with E-state index in [4.69, 9.17) is 14.7 Å². The number of fused-ring (bicyclic) bond motifs is 1. The maximum Gasteiger partial charge on any atom is 0.226 e. The highest BCUT2D eigenvalue weighted by Crippen LogP contribution is 2.32. The fourth-order valence-electron chi connectivity index (χ4n) is 3.89. The highest BCUT2D eigenvalue weighted by molar-refractivity contribution is 6.01. The van der Waals surface area contributed by atoms with Crippen LogP contribution in [0.4, 0.5) is 17.5 Å². The zero-order valence-corrected chi connectivity index (χ0v) is 18.3. The lowest BCUT2D eigenvalue weighted by Gasteiger charge is -2.26. The average Bonchev–Trinajstić information content (AvgIpc) is 2.85. The van der Waals surface area contributed by atoms with E-state index in [2.05, 4.69) is 58.3 Å². The van der Waals surface area contributed by atoms with Crippen LogP contribution >= 0.6 is 0 Å². The summed E-state index contributed by atoms with van der Waals surface area (Å²) in [6, 6.07) is 12.4. The van der Waals surface area contributed by atoms with E-state index in [9.17, 15) is 0 Å². The molecule has 1 fully saturated rings. The van der Waals surface area contributed by atoms with Gasteiger partial charge in [-0.25, -0.2) is 15.0 Å². The molecule has 1 aliphatic heterocycles. The summed E-state index contributed by atoms with van der Waals surface area (Å²) in [5.74, 6) is 2.02. The second-order valence-electron chi connectivity index (χ2n) is 8.18. The molecule has 1 aliphatic rings. The maximum atomic E-state index is 5.45. The number of anilines is 3. The molecule has 162 valence electrons. The zero-order chi connectivity index (χ0) is 21.9. The molecule has 7 nitrogen and oxygen atoms in total. The number of ether oxygens (including phenoxy) is 1. The summed E-state index contributed by atoms with van der Waals surface area (Å²) in [6.45, 7) is 7.37. The molecule has 0 radical (unpaired) electrons. The van der Waals surface area contributed by atoms with Gasteiger partial charge in [0.15, 0.2) is 0 Å². The van der Waals surface area contributed by atoms with Gasteiger partial charge >= 0.3 is 0 Å². The Morgan fingerprint density at radius 1 is 0.906 bits per heavy atom. The molecule has 4 heterocycles. The number of benzene rings is 1. The van der Waals surface area contributed by atoms with Crippen molar-refractivity contribution in [1.82, 2.24) is 19.9 Å². The number of hydrogen-bond donors (Lipinski definition) is 1. The van der Waals surface area contributed by atoms with Crippen molar-refractivity contribution in [2.75, 3.05) is 36.5 Å². The van der Waals surface area contributed by atoms with Gasteiger partial charge < -0.3 is 15.0 Å². The first-order valence-electron chi connectivity index (χ1n) is 10.9. The second kappa shape index (κ2) is 8.88. The van der Waals surface area contributed by atoms with Crippen molar-refractivity contribution >= 4 is 28.2 Å². The summed E-state index contributed by atoms with van der Waals surface area (Å²) in [5, 5.41) is 5.45. The van der Waals surface area contributed by atoms with Crippen molar-refractivity contribution in [2.24, 2.45) is 0 Å². The van der Waals surface area contributed by atoms with Gasteiger partial charge in [0, 0.05) is 59.9 Å². The molecule has 1 aromatic carbocycles. The Morgan fingerprint density at radius 3 is 2.50 bits per heavy atom. The van der Waals surface area contributed by atoms with E-state index >= 15 is 0 Å². The molecule has 3 aromatic heterocycles. The molecule has 0 unspecified atom stereocenters. The molecule has 7 heteroatoms. The highest BCUT2D eigenvalue weighted by atomic mass is 16.5. The predicted octanol–water partition coefficient (Wildman–Crippen LogP) is 4.79. The van der Waals surface area contributed by atoms with Crippen molar-refractivity contribution < 1.29 is 4.74 Å². The fourth-order valence-corrected chi connectivity index (χ4v) is 3.89. The van der Waals surface area contributed by atoms with Gasteiger partial charge in [-0.1, -0.05) is 26.0 Å². The molecule has 0 aliphatic carbocycles. The van der Waals surface area contributed by atoms with Crippen molar-refractivity contribution in [3.63, 3.8) is 0 Å². The van der Waals surface area contributed by atoms with Crippen molar-refractivity contribution in [3.05, 3.63) is 66.7 Å². The van der Waals surface area contributed by atoms with E-state index < -0.39 is 0 Å². The fraction of sp³-hybridized carbons (Fsp3) is 0.280. The zero-order valence-electron chi connectivity index (χ0n) is 18.3. The van der Waals surface area contributed by atoms with Gasteiger partial charge in [-0.2, -0.15) is 0 Å². The first-order chi connectivity index (χ1) is 15.7. The minimum Gasteiger partial charge on any atom is -0.378 e. The van der Waals surface area contributed by atoms with E-state index in [1.807, 2.05) is 24.5 Å². The Labute approximate surface area is 187 Å². The number of pyridine rings is 2. The number of rotatable bonds is 5. The van der Waals surface area contributed by atoms with Crippen LogP contribution in [-0.4, -0.2) is 46.2 Å². The molecule has 0 atom stereocenters. The Balaban J connectivity index is 1.50. The number of hydrogen-bond acceptors (Lipinski definition) is 7. The molecule has 0 spiro atoms. The summed E-state index contributed by atoms with van der Waals surface area (Å²) >= 11 is 0. The summed E-state index contributed by atoms with van der Waals surface area (Å²) in [4.78, 5) is 20.6. The lowest BCUT2D eigenvalue weighted by molar-refractivity contribution is 0.122. The van der Waals surface area contributed by atoms with E-state index in [-0.39, 0.29) is 0 Å². The average molecular weight is 427 g/mol. The van der Waals surface area contributed by atoms with Crippen LogP contribution in [0, 0.1) is 0 Å². The Hall–Kier alpha value is -3.58. The van der Waals surface area contributed by atoms with Crippen LogP contribution in [-0.2, 0) is 4.74 Å². The Morgan fingerprint density at radius 2 is 1.72 bits per heavy atom. The number of morpholine rings is 1. The van der Waals surface area contributed by atoms with Crippen LogP contribution in [0.15, 0.2) is 61.2 Å². The van der Waals surface area contributed by atoms with Gasteiger partial charge in [0.25, 0.3) is 0 Å². The third-order valence-corrected chi connectivity index (χ3v) is 5.74. The Bertz CT molecular complexity index is 1220. The van der Waals surface area contributed by atoms with Crippen molar-refractivity contribution in [3.8, 4) is 11.3 Å². The third-order valence-electron chi connectivity index (χ3n) is 5.74. The minimum atomic E-state index is 0.503. The molecular weight excluding hydrogens is 400 g/mol. The molecule has 5 rings (SSSR count). The first-order valence-corrected chi connectivity index (χ1v) is 10.9. The first kappa shape index (κ1) is 20.3. The number of aromatic nitrogens is 4. The van der Waals surface area contributed by atoms with Crippen LogP contribution in [0.5, 0.6) is 0 Å². The number of nitrogens with zero attached hydrogens (tertiary/aromatic N) is 5. The lowest BCUT2D eigenvalue weighted by Crippen LogP contribution is -2.37. The van der Waals surface area contributed by atoms with Crippen LogP contribution in [0.1, 0.15) is 25.3 Å². The summed E-state index contributed by atoms with van der Waals surface area (Å²) < 4.78 is 5.45. The number of nitrogens with one attached hydrogen (secondary N) is 1. The molecule has 32 heavy (non-hydrogen) atoms. The van der Waals surface area contributed by atoms with E-state index in [0.717, 1.165) is 52.6 Å². The summed E-state index contributed by atoms with van der Waals surface area (Å²) in [6.07, 6.45) is 7.33. The highest BCUT2D eigenvalue weighted by Gasteiger charge is 2.16. The monoisotopic (exact) mass is 426 g/mol. The van der Waals surface area contributed by atoms with Gasteiger partial charge in [0.05, 0.1) is 18.9 Å². The summed E-state index contributed by atoms with van der Waals surface area (Å²) in [7, 11) is 0. The van der Waals surface area contributed by atoms with Crippen LogP contribution in [0.2, 0.25) is 0 Å². The topological polar surface area (TPSA) is 76.1 Å². The van der Waals surface area contributed by atoms with Crippen molar-refractivity contribution in [1.29, 1.82) is 0 Å². The predicted molar refractivity (Wildman–Crippen MR) is 127 cm³/mol. The molecule has 0 saturated carbocycles. The van der Waals surface area contributed by atoms with E-state index in [1.54, 1.807) is 12.4 Å². The van der Waals surface area contributed by atoms with Gasteiger partial charge in [-0.15, -0.1) is 0 Å². The molecule has 4 aromatic rings. The third kappa shape index (κ3) is 4.11. The van der Waals surface area contributed by atoms with Crippen LogP contribution < -0.4 is 10.2 Å². The quantitative estimate of drug-likeness (QED) is 0.492. The second-order valence-corrected chi connectivity index (χ2v) is 8.18. The van der Waals surface area contributed by atoms with Crippen LogP contribution in [0.25, 0.3) is 22.0 Å². The SMILES string of the molecule is CC(C)c1ccc(Nc2ncc(-c3ccnc(N4CCOCC4)n3)c3cnccc23)cc1. The van der Waals surface area contributed by atoms with Gasteiger partial charge in [0.1, 0.15) is 5.82 Å². The normalized spacial score (nSPS) is 14.2. The molecule has 0 bridgehead atoms. The van der Waals surface area contributed by atoms with Crippen molar-refractivity contribution in [2.45, 2.75) is 19.8 Å². The van der Waals surface area contributed by atoms with Crippen LogP contribution in [0.3, 0.4) is 0 Å². The Kier molecular flexibility index (Phi) is 5.64. The molecular formula is C25H26N6O. The van der Waals surface area contributed by atoms with E-state index in [0.29, 0.717) is 19.1 Å². The van der Waals surface area contributed by atoms with Gasteiger partial charge in [0.2, 0.25) is 5.95 Å². The molecule has 0 amide bonds. The van der Waals surface area contributed by atoms with Gasteiger partial charge in [-0.3, -0.25) is 4.98 Å². The molecule has 1 saturated heterocycles. The molecule has 1 N–H and O–H groups in total.